The van der Waals surface area contributed by atoms with E-state index in [1.165, 1.54) is 12.1 Å². The van der Waals surface area contributed by atoms with E-state index in [1.807, 2.05) is 0 Å². The van der Waals surface area contributed by atoms with Crippen LogP contribution in [0.15, 0.2) is 33.4 Å². The number of hydrogen-bond donors (Lipinski definition) is 2. The fourth-order valence-corrected chi connectivity index (χ4v) is 2.37. The van der Waals surface area contributed by atoms with E-state index in [2.05, 4.69) is 25.9 Å². The first-order valence-electron chi connectivity index (χ1n) is 5.70. The molecule has 0 spiro atoms. The summed E-state index contributed by atoms with van der Waals surface area (Å²) in [5, 5.41) is -0.343. The van der Waals surface area contributed by atoms with Gasteiger partial charge in [0, 0.05) is 5.56 Å². The van der Waals surface area contributed by atoms with Crippen molar-refractivity contribution in [2.45, 2.75) is 0 Å². The number of aromatic amines is 1. The van der Waals surface area contributed by atoms with E-state index in [-0.39, 0.29) is 27.9 Å². The van der Waals surface area contributed by atoms with Gasteiger partial charge in [0.2, 0.25) is 11.6 Å². The van der Waals surface area contributed by atoms with Gasteiger partial charge in [0.1, 0.15) is 33.8 Å². The summed E-state index contributed by atoms with van der Waals surface area (Å²) in [5.74, 6) is -1.54. The Morgan fingerprint density at radius 3 is 2.67 bits per heavy atom. The Hall–Kier alpha value is -1.99. The van der Waals surface area contributed by atoms with Crippen LogP contribution in [-0.2, 0) is 0 Å². The molecule has 106 valence electrons. The monoisotopic (exact) mass is 369 g/mol. The van der Waals surface area contributed by atoms with Gasteiger partial charge in [-0.2, -0.15) is 0 Å². The van der Waals surface area contributed by atoms with E-state index >= 15 is 0 Å². The van der Waals surface area contributed by atoms with Gasteiger partial charge in [-0.05, 0) is 34.1 Å². The predicted octanol–water partition coefficient (Wildman–Crippen LogP) is 2.77. The lowest BCUT2D eigenvalue weighted by Gasteiger charge is -2.08. The molecule has 0 unspecified atom stereocenters. The fourth-order valence-electron chi connectivity index (χ4n) is 1.94. The minimum Gasteiger partial charge on any atom is -0.394 e. The predicted molar refractivity (Wildman–Crippen MR) is 77.4 cm³/mol. The molecule has 0 radical (unpaired) electrons. The third kappa shape index (κ3) is 2.09. The van der Waals surface area contributed by atoms with Gasteiger partial charge in [0.25, 0.3) is 0 Å². The third-order valence-electron chi connectivity index (χ3n) is 3.02. The Labute approximate surface area is 131 Å². The van der Waals surface area contributed by atoms with E-state index in [9.17, 15) is 14.0 Å². The number of carbonyl (C=O) groups is 2. The first kappa shape index (κ1) is 14.0. The minimum absolute atomic E-state index is 0.0440. The lowest BCUT2D eigenvalue weighted by molar-refractivity contribution is 0.0974. The van der Waals surface area contributed by atoms with Crippen LogP contribution in [0.4, 0.5) is 4.39 Å². The molecule has 1 heterocycles. The van der Waals surface area contributed by atoms with Crippen LogP contribution < -0.4 is 5.73 Å². The number of aromatic nitrogens is 2. The van der Waals surface area contributed by atoms with E-state index in [1.54, 1.807) is 6.07 Å². The molecule has 1 aliphatic carbocycles. The number of imidazole rings is 1. The van der Waals surface area contributed by atoms with Crippen LogP contribution in [0.5, 0.6) is 0 Å². The van der Waals surface area contributed by atoms with Gasteiger partial charge in [-0.15, -0.1) is 0 Å². The van der Waals surface area contributed by atoms with Crippen molar-refractivity contribution in [3.8, 4) is 11.4 Å². The van der Waals surface area contributed by atoms with Gasteiger partial charge >= 0.3 is 0 Å². The number of nitrogens with zero attached hydrogens (tertiary/aromatic N) is 1. The van der Waals surface area contributed by atoms with Gasteiger partial charge in [-0.1, -0.05) is 11.6 Å². The second-order valence-corrected chi connectivity index (χ2v) is 5.56. The molecule has 0 amide bonds. The Balaban J connectivity index is 2.15. The van der Waals surface area contributed by atoms with E-state index in [0.29, 0.717) is 10.0 Å². The van der Waals surface area contributed by atoms with Crippen molar-refractivity contribution >= 4 is 39.1 Å². The van der Waals surface area contributed by atoms with E-state index < -0.39 is 17.4 Å². The number of carbonyl (C=O) groups excluding carboxylic acids is 2. The smallest absolute Gasteiger partial charge is 0.230 e. The van der Waals surface area contributed by atoms with Crippen LogP contribution in [0.25, 0.3) is 11.4 Å². The summed E-state index contributed by atoms with van der Waals surface area (Å²) in [5.41, 5.74) is 5.37. The first-order chi connectivity index (χ1) is 9.90. The average Bonchev–Trinajstić information content (AvgIpc) is 2.91. The summed E-state index contributed by atoms with van der Waals surface area (Å²) in [6.45, 7) is 0. The quantitative estimate of drug-likeness (QED) is 0.808. The van der Waals surface area contributed by atoms with E-state index in [0.717, 1.165) is 0 Å². The maximum atomic E-state index is 13.6. The number of fused-ring (bicyclic) bond motifs is 1. The second-order valence-electron chi connectivity index (χ2n) is 4.32. The number of H-pyrrole nitrogens is 1. The molecule has 0 atom stereocenters. The third-order valence-corrected chi connectivity index (χ3v) is 4.04. The summed E-state index contributed by atoms with van der Waals surface area (Å²) in [6.07, 6.45) is 0. The highest BCUT2D eigenvalue weighted by atomic mass is 79.9. The molecule has 2 aromatic rings. The second kappa shape index (κ2) is 4.78. The van der Waals surface area contributed by atoms with Crippen LogP contribution in [0.2, 0.25) is 0 Å². The van der Waals surface area contributed by atoms with Crippen molar-refractivity contribution in [1.29, 1.82) is 0 Å². The van der Waals surface area contributed by atoms with Crippen molar-refractivity contribution in [3.05, 3.63) is 50.6 Å². The Kier molecular flexibility index (Phi) is 3.18. The number of ketones is 2. The van der Waals surface area contributed by atoms with Gasteiger partial charge in [0.15, 0.2) is 0 Å². The molecule has 1 aromatic heterocycles. The van der Waals surface area contributed by atoms with Crippen molar-refractivity contribution in [3.63, 3.8) is 0 Å². The van der Waals surface area contributed by atoms with Crippen LogP contribution >= 0.6 is 27.5 Å². The molecule has 3 rings (SSSR count). The van der Waals surface area contributed by atoms with Crippen molar-refractivity contribution in [2.24, 2.45) is 5.73 Å². The zero-order chi connectivity index (χ0) is 15.3. The molecule has 8 heteroatoms. The zero-order valence-corrected chi connectivity index (χ0v) is 12.5. The molecule has 1 aromatic carbocycles. The number of hydrogen-bond acceptors (Lipinski definition) is 4. The Morgan fingerprint density at radius 2 is 2.00 bits per heavy atom. The van der Waals surface area contributed by atoms with Gasteiger partial charge in [-0.25, -0.2) is 9.37 Å². The molecule has 0 fully saturated rings. The van der Waals surface area contributed by atoms with Gasteiger partial charge in [-0.3, -0.25) is 9.59 Å². The zero-order valence-electron chi connectivity index (χ0n) is 10.2. The molecular weight excluding hydrogens is 365 g/mol. The maximum Gasteiger partial charge on any atom is 0.230 e. The molecule has 1 aliphatic rings. The molecule has 0 aliphatic heterocycles. The number of benzene rings is 1. The summed E-state index contributed by atoms with van der Waals surface area (Å²) in [7, 11) is 0. The van der Waals surface area contributed by atoms with E-state index in [4.69, 9.17) is 17.3 Å². The molecule has 0 bridgehead atoms. The Morgan fingerprint density at radius 1 is 1.29 bits per heavy atom. The number of allylic oxidation sites excluding steroid dienone is 2. The summed E-state index contributed by atoms with van der Waals surface area (Å²) < 4.78 is 13.8. The standard InChI is InChI=1S/C13H6BrClFN3O2/c14-5-2-1-4(3-6(5)16)13-18-9-10(19-13)12(21)8(17)7(15)11(9)20/h1-3H,17H2,(H,18,19). The van der Waals surface area contributed by atoms with Crippen LogP contribution in [-0.4, -0.2) is 21.5 Å². The largest absolute Gasteiger partial charge is 0.394 e. The topological polar surface area (TPSA) is 88.8 Å². The highest BCUT2D eigenvalue weighted by Crippen LogP contribution is 2.29. The first-order valence-corrected chi connectivity index (χ1v) is 6.87. The van der Waals surface area contributed by atoms with Crippen molar-refractivity contribution in [2.75, 3.05) is 0 Å². The number of Topliss-reactive ketones (excluding diaryl/α,β-unsaturated/α-hetero) is 2. The number of rotatable bonds is 1. The highest BCUT2D eigenvalue weighted by molar-refractivity contribution is 9.10. The average molecular weight is 371 g/mol. The molecule has 0 saturated carbocycles. The highest BCUT2D eigenvalue weighted by Gasteiger charge is 2.33. The minimum atomic E-state index is -0.630. The lowest BCUT2D eigenvalue weighted by Crippen LogP contribution is -2.24. The van der Waals surface area contributed by atoms with Crippen molar-refractivity contribution < 1.29 is 14.0 Å². The molecule has 0 saturated heterocycles. The van der Waals surface area contributed by atoms with Gasteiger partial charge in [0.05, 0.1) is 4.47 Å². The van der Waals surface area contributed by atoms with Crippen molar-refractivity contribution in [1.82, 2.24) is 9.97 Å². The molecule has 3 N–H and O–H groups in total. The summed E-state index contributed by atoms with van der Waals surface area (Å²) >= 11 is 8.75. The normalized spacial score (nSPS) is 14.6. The maximum absolute atomic E-state index is 13.6. The van der Waals surface area contributed by atoms with Crippen LogP contribution in [0, 0.1) is 5.82 Å². The van der Waals surface area contributed by atoms with Gasteiger partial charge < -0.3 is 10.7 Å². The summed E-state index contributed by atoms with van der Waals surface area (Å²) in [6, 6.07) is 4.31. The molecule has 5 nitrogen and oxygen atoms in total. The number of nitrogens with two attached hydrogens (primary N) is 1. The van der Waals surface area contributed by atoms with Crippen LogP contribution in [0.3, 0.4) is 0 Å². The lowest BCUT2D eigenvalue weighted by atomic mass is 10.0. The fraction of sp³-hybridized carbons (Fsp3) is 0. The molecule has 21 heavy (non-hydrogen) atoms. The van der Waals surface area contributed by atoms with Crippen LogP contribution in [0.1, 0.15) is 21.0 Å². The molecular formula is C13H6BrClFN3O2. The Bertz CT molecular complexity index is 802. The SMILES string of the molecule is NC1=C(Cl)C(=O)c2[nH]c(-c3ccc(Br)c(F)c3)nc2C1=O. The summed E-state index contributed by atoms with van der Waals surface area (Å²) in [4.78, 5) is 30.6. The number of halogens is 3. The number of nitrogens with one attached hydrogen (secondary N) is 1.